The maximum absolute atomic E-state index is 13.5. The molecule has 0 spiro atoms. The third-order valence-corrected chi connectivity index (χ3v) is 7.33. The average molecular weight is 481 g/mol. The highest BCUT2D eigenvalue weighted by molar-refractivity contribution is 7.92. The molecule has 0 aliphatic heterocycles. The second kappa shape index (κ2) is 10.5. The number of carbonyl (C=O) groups excluding carboxylic acids is 2. The normalized spacial score (nSPS) is 11.1. The molecule has 0 atom stereocenters. The Morgan fingerprint density at radius 2 is 1.59 bits per heavy atom. The zero-order chi connectivity index (χ0) is 24.9. The number of sulfonamides is 1. The molecule has 0 aliphatic carbocycles. The first-order valence-corrected chi connectivity index (χ1v) is 12.3. The van der Waals surface area contributed by atoms with Gasteiger partial charge in [-0.15, -0.1) is 0 Å². The lowest BCUT2D eigenvalue weighted by Crippen LogP contribution is -2.38. The van der Waals surface area contributed by atoms with E-state index in [-0.39, 0.29) is 4.90 Å². The number of rotatable bonds is 8. The number of methoxy groups -OCH3 is 1. The lowest BCUT2D eigenvalue weighted by atomic mass is 10.1. The first-order valence-electron chi connectivity index (χ1n) is 10.8. The second-order valence-electron chi connectivity index (χ2n) is 7.86. The smallest absolute Gasteiger partial charge is 0.338 e. The van der Waals surface area contributed by atoms with Crippen LogP contribution in [0.4, 0.5) is 11.4 Å². The Kier molecular flexibility index (Phi) is 7.73. The number of nitrogens with zero attached hydrogens (tertiary/aromatic N) is 1. The van der Waals surface area contributed by atoms with Gasteiger partial charge in [0.1, 0.15) is 6.54 Å². The number of nitrogens with one attached hydrogen (secondary N) is 1. The van der Waals surface area contributed by atoms with E-state index in [0.717, 1.165) is 21.9 Å². The minimum Gasteiger partial charge on any atom is -0.465 e. The van der Waals surface area contributed by atoms with E-state index in [1.807, 2.05) is 26.0 Å². The van der Waals surface area contributed by atoms with Crippen molar-refractivity contribution in [3.8, 4) is 0 Å². The fourth-order valence-corrected chi connectivity index (χ4v) is 4.89. The van der Waals surface area contributed by atoms with Gasteiger partial charge in [-0.1, -0.05) is 42.8 Å². The molecule has 34 heavy (non-hydrogen) atoms. The van der Waals surface area contributed by atoms with Crippen molar-refractivity contribution < 1.29 is 22.7 Å². The summed E-state index contributed by atoms with van der Waals surface area (Å²) in [7, 11) is -2.73. The lowest BCUT2D eigenvalue weighted by Gasteiger charge is -2.24. The van der Waals surface area contributed by atoms with E-state index in [4.69, 9.17) is 4.74 Å². The number of aryl methyl sites for hydroxylation is 2. The van der Waals surface area contributed by atoms with Crippen LogP contribution in [-0.2, 0) is 26.0 Å². The van der Waals surface area contributed by atoms with Gasteiger partial charge in [-0.3, -0.25) is 9.10 Å². The van der Waals surface area contributed by atoms with E-state index in [2.05, 4.69) is 5.32 Å². The largest absolute Gasteiger partial charge is 0.465 e. The molecule has 1 N–H and O–H groups in total. The van der Waals surface area contributed by atoms with E-state index in [1.54, 1.807) is 49.4 Å². The van der Waals surface area contributed by atoms with Crippen LogP contribution in [0.5, 0.6) is 0 Å². The number of anilines is 2. The van der Waals surface area contributed by atoms with Gasteiger partial charge in [0.05, 0.1) is 23.3 Å². The zero-order valence-electron chi connectivity index (χ0n) is 19.7. The maximum atomic E-state index is 13.5. The molecule has 178 valence electrons. The van der Waals surface area contributed by atoms with Crippen molar-refractivity contribution in [2.24, 2.45) is 0 Å². The van der Waals surface area contributed by atoms with E-state index in [1.165, 1.54) is 19.2 Å². The molecule has 0 aliphatic rings. The molecule has 0 aromatic heterocycles. The first kappa shape index (κ1) is 25.0. The van der Waals surface area contributed by atoms with Crippen molar-refractivity contribution in [2.75, 3.05) is 23.3 Å². The van der Waals surface area contributed by atoms with Crippen LogP contribution in [0, 0.1) is 13.8 Å². The standard InChI is InChI=1S/C26H28N2O5S/c1-5-20-11-13-21(14-12-20)28(34(31,32)22-15-9-18(2)10-16-22)17-25(29)27-24-8-6-7-23(19(24)3)26(30)33-4/h6-16H,5,17H2,1-4H3,(H,27,29). The maximum Gasteiger partial charge on any atom is 0.338 e. The van der Waals surface area contributed by atoms with Gasteiger partial charge < -0.3 is 10.1 Å². The molecule has 3 aromatic carbocycles. The Hall–Kier alpha value is -3.65. The molecule has 3 aromatic rings. The van der Waals surface area contributed by atoms with E-state index < -0.39 is 28.4 Å². The summed E-state index contributed by atoms with van der Waals surface area (Å²) in [6.07, 6.45) is 0.807. The minimum atomic E-state index is -4.02. The fraction of sp³-hybridized carbons (Fsp3) is 0.231. The molecule has 0 heterocycles. The highest BCUT2D eigenvalue weighted by Gasteiger charge is 2.27. The summed E-state index contributed by atoms with van der Waals surface area (Å²) in [5, 5.41) is 2.73. The number of amides is 1. The monoisotopic (exact) mass is 480 g/mol. The molecule has 0 fully saturated rings. The lowest BCUT2D eigenvalue weighted by molar-refractivity contribution is -0.114. The van der Waals surface area contributed by atoms with Gasteiger partial charge in [-0.2, -0.15) is 0 Å². The van der Waals surface area contributed by atoms with Crippen molar-refractivity contribution in [3.05, 3.63) is 89.0 Å². The van der Waals surface area contributed by atoms with Crippen molar-refractivity contribution >= 4 is 33.3 Å². The SMILES string of the molecule is CCc1ccc(N(CC(=O)Nc2cccc(C(=O)OC)c2C)S(=O)(=O)c2ccc(C)cc2)cc1. The van der Waals surface area contributed by atoms with E-state index >= 15 is 0 Å². The van der Waals surface area contributed by atoms with Gasteiger partial charge in [0.2, 0.25) is 5.91 Å². The highest BCUT2D eigenvalue weighted by atomic mass is 32.2. The van der Waals surface area contributed by atoms with Crippen molar-refractivity contribution in [2.45, 2.75) is 32.1 Å². The van der Waals surface area contributed by atoms with Crippen LogP contribution in [0.15, 0.2) is 71.6 Å². The van der Waals surface area contributed by atoms with Gasteiger partial charge in [0.25, 0.3) is 10.0 Å². The summed E-state index contributed by atoms with van der Waals surface area (Å²) in [6, 6.07) is 18.4. The summed E-state index contributed by atoms with van der Waals surface area (Å²) in [6.45, 7) is 5.12. The summed E-state index contributed by atoms with van der Waals surface area (Å²) in [4.78, 5) is 25.1. The van der Waals surface area contributed by atoms with Crippen LogP contribution < -0.4 is 9.62 Å². The van der Waals surface area contributed by atoms with Gasteiger partial charge in [0, 0.05) is 5.69 Å². The fourth-order valence-electron chi connectivity index (χ4n) is 3.47. The van der Waals surface area contributed by atoms with Gasteiger partial charge in [0.15, 0.2) is 0 Å². The molecule has 8 heteroatoms. The predicted octanol–water partition coefficient (Wildman–Crippen LogP) is 4.49. The summed E-state index contributed by atoms with van der Waals surface area (Å²) in [5.74, 6) is -1.06. The zero-order valence-corrected chi connectivity index (χ0v) is 20.5. The quantitative estimate of drug-likeness (QED) is 0.480. The van der Waals surface area contributed by atoms with Gasteiger partial charge in [-0.05, 0) is 67.8 Å². The third-order valence-electron chi connectivity index (χ3n) is 5.54. The Balaban J connectivity index is 1.95. The van der Waals surface area contributed by atoms with Gasteiger partial charge >= 0.3 is 5.97 Å². The molecule has 0 saturated carbocycles. The Bertz CT molecular complexity index is 1280. The van der Waals surface area contributed by atoms with Gasteiger partial charge in [-0.25, -0.2) is 13.2 Å². The number of carbonyl (C=O) groups is 2. The highest BCUT2D eigenvalue weighted by Crippen LogP contribution is 2.25. The Morgan fingerprint density at radius 3 is 2.18 bits per heavy atom. The van der Waals surface area contributed by atoms with Crippen LogP contribution >= 0.6 is 0 Å². The summed E-state index contributed by atoms with van der Waals surface area (Å²) in [5.41, 5.74) is 3.62. The topological polar surface area (TPSA) is 92.8 Å². The number of benzene rings is 3. The minimum absolute atomic E-state index is 0.0920. The third kappa shape index (κ3) is 5.46. The molecule has 3 rings (SSSR count). The molecule has 0 radical (unpaired) electrons. The molecule has 1 amide bonds. The average Bonchev–Trinajstić information content (AvgIpc) is 2.83. The van der Waals surface area contributed by atoms with Crippen LogP contribution in [0.2, 0.25) is 0 Å². The van der Waals surface area contributed by atoms with E-state index in [0.29, 0.717) is 22.5 Å². The van der Waals surface area contributed by atoms with Crippen molar-refractivity contribution in [1.82, 2.24) is 0 Å². The number of hydrogen-bond acceptors (Lipinski definition) is 5. The van der Waals surface area contributed by atoms with Crippen LogP contribution in [0.1, 0.15) is 34.0 Å². The van der Waals surface area contributed by atoms with Crippen molar-refractivity contribution in [1.29, 1.82) is 0 Å². The van der Waals surface area contributed by atoms with Crippen LogP contribution in [0.25, 0.3) is 0 Å². The number of esters is 1. The van der Waals surface area contributed by atoms with Crippen LogP contribution in [-0.4, -0.2) is 33.9 Å². The Morgan fingerprint density at radius 1 is 0.941 bits per heavy atom. The van der Waals surface area contributed by atoms with Crippen molar-refractivity contribution in [3.63, 3.8) is 0 Å². The molecular weight excluding hydrogens is 452 g/mol. The predicted molar refractivity (Wildman–Crippen MR) is 133 cm³/mol. The Labute approximate surface area is 200 Å². The summed E-state index contributed by atoms with van der Waals surface area (Å²) >= 11 is 0. The van der Waals surface area contributed by atoms with E-state index in [9.17, 15) is 18.0 Å². The molecular formula is C26H28N2O5S. The number of hydrogen-bond donors (Lipinski definition) is 1. The second-order valence-corrected chi connectivity index (χ2v) is 9.72. The summed E-state index contributed by atoms with van der Waals surface area (Å²) < 4.78 is 32.9. The first-order chi connectivity index (χ1) is 16.2. The molecule has 7 nitrogen and oxygen atoms in total. The molecule has 0 saturated heterocycles. The molecule has 0 bridgehead atoms. The van der Waals surface area contributed by atoms with Crippen LogP contribution in [0.3, 0.4) is 0 Å². The molecule has 0 unspecified atom stereocenters. The number of ether oxygens (including phenoxy) is 1.